The van der Waals surface area contributed by atoms with E-state index in [1.165, 1.54) is 0 Å². The molecule has 2 aromatic rings. The van der Waals surface area contributed by atoms with E-state index in [1.807, 2.05) is 43.6 Å². The highest BCUT2D eigenvalue weighted by atomic mass is 16.6. The Hall–Kier alpha value is -1.94. The number of aromatic nitrogens is 2. The van der Waals surface area contributed by atoms with Crippen molar-refractivity contribution in [3.63, 3.8) is 0 Å². The monoisotopic (exact) mass is 242 g/mol. The van der Waals surface area contributed by atoms with Gasteiger partial charge in [0, 0.05) is 18.0 Å². The average Bonchev–Trinajstić information content (AvgIpc) is 3.22. The maximum Gasteiger partial charge on any atom is 0.159 e. The third kappa shape index (κ3) is 2.65. The van der Waals surface area contributed by atoms with Crippen molar-refractivity contribution in [1.29, 1.82) is 0 Å². The summed E-state index contributed by atoms with van der Waals surface area (Å²) in [5.41, 5.74) is 2.05. The first-order valence-corrected chi connectivity index (χ1v) is 5.95. The Balaban J connectivity index is 1.71. The van der Waals surface area contributed by atoms with Gasteiger partial charge in [0.15, 0.2) is 5.82 Å². The Labute approximate surface area is 106 Å². The number of ether oxygens (including phenoxy) is 2. The van der Waals surface area contributed by atoms with Crippen LogP contribution in [0, 0.1) is 6.92 Å². The zero-order valence-electron chi connectivity index (χ0n) is 10.2. The van der Waals surface area contributed by atoms with Gasteiger partial charge in [0.25, 0.3) is 0 Å². The lowest BCUT2D eigenvalue weighted by Gasteiger charge is -2.05. The number of benzene rings is 1. The molecule has 1 aliphatic heterocycles. The van der Waals surface area contributed by atoms with Crippen molar-refractivity contribution in [3.05, 3.63) is 42.2 Å². The highest BCUT2D eigenvalue weighted by Crippen LogP contribution is 2.20. The van der Waals surface area contributed by atoms with E-state index >= 15 is 0 Å². The highest BCUT2D eigenvalue weighted by molar-refractivity contribution is 5.55. The minimum atomic E-state index is 0.283. The second-order valence-corrected chi connectivity index (χ2v) is 4.37. The Kier molecular flexibility index (Phi) is 2.94. The predicted octanol–water partition coefficient (Wildman–Crippen LogP) is 2.23. The van der Waals surface area contributed by atoms with Crippen molar-refractivity contribution < 1.29 is 9.47 Å². The number of rotatable bonds is 4. The third-order valence-corrected chi connectivity index (χ3v) is 2.73. The van der Waals surface area contributed by atoms with Crippen LogP contribution < -0.4 is 4.74 Å². The van der Waals surface area contributed by atoms with Crippen LogP contribution in [0.2, 0.25) is 0 Å². The summed E-state index contributed by atoms with van der Waals surface area (Å²) in [5, 5.41) is 0. The summed E-state index contributed by atoms with van der Waals surface area (Å²) in [6.07, 6.45) is 3.92. The minimum Gasteiger partial charge on any atom is -0.491 e. The van der Waals surface area contributed by atoms with Crippen molar-refractivity contribution >= 4 is 0 Å². The standard InChI is InChI=1S/C14H14N2O2/c1-10-6-15-14(16-7-10)11-2-4-12(5-3-11)17-8-13-9-18-13/h2-7,13H,8-9H2,1H3. The smallest absolute Gasteiger partial charge is 0.159 e. The number of aryl methyl sites for hydroxylation is 1. The van der Waals surface area contributed by atoms with Crippen LogP contribution in [0.4, 0.5) is 0 Å². The zero-order valence-corrected chi connectivity index (χ0v) is 10.2. The molecule has 0 N–H and O–H groups in total. The van der Waals surface area contributed by atoms with E-state index in [1.54, 1.807) is 0 Å². The Morgan fingerprint density at radius 3 is 2.50 bits per heavy atom. The summed E-state index contributed by atoms with van der Waals surface area (Å²) in [7, 11) is 0. The number of hydrogen-bond acceptors (Lipinski definition) is 4. The van der Waals surface area contributed by atoms with Crippen LogP contribution >= 0.6 is 0 Å². The van der Waals surface area contributed by atoms with Crippen LogP contribution in [-0.2, 0) is 4.74 Å². The SMILES string of the molecule is Cc1cnc(-c2ccc(OCC3CO3)cc2)nc1. The van der Waals surface area contributed by atoms with Crippen molar-refractivity contribution in [2.24, 2.45) is 0 Å². The number of hydrogen-bond donors (Lipinski definition) is 0. The van der Waals surface area contributed by atoms with Crippen molar-refractivity contribution in [2.75, 3.05) is 13.2 Å². The Morgan fingerprint density at radius 2 is 1.89 bits per heavy atom. The third-order valence-electron chi connectivity index (χ3n) is 2.73. The summed E-state index contributed by atoms with van der Waals surface area (Å²) >= 11 is 0. The fourth-order valence-corrected chi connectivity index (χ4v) is 1.60. The summed E-state index contributed by atoms with van der Waals surface area (Å²) < 4.78 is 10.7. The van der Waals surface area contributed by atoms with E-state index in [4.69, 9.17) is 9.47 Å². The lowest BCUT2D eigenvalue weighted by Crippen LogP contribution is -2.03. The summed E-state index contributed by atoms with van der Waals surface area (Å²) in [5.74, 6) is 1.58. The van der Waals surface area contributed by atoms with Crippen LogP contribution in [0.3, 0.4) is 0 Å². The molecule has 1 aromatic heterocycles. The second-order valence-electron chi connectivity index (χ2n) is 4.37. The van der Waals surface area contributed by atoms with Gasteiger partial charge in [-0.3, -0.25) is 0 Å². The molecule has 0 saturated carbocycles. The molecule has 1 saturated heterocycles. The van der Waals surface area contributed by atoms with Gasteiger partial charge in [0.05, 0.1) is 6.61 Å². The molecule has 4 nitrogen and oxygen atoms in total. The molecule has 18 heavy (non-hydrogen) atoms. The molecule has 92 valence electrons. The second kappa shape index (κ2) is 4.74. The van der Waals surface area contributed by atoms with E-state index in [9.17, 15) is 0 Å². The molecule has 2 heterocycles. The molecule has 0 aliphatic carbocycles. The van der Waals surface area contributed by atoms with E-state index in [2.05, 4.69) is 9.97 Å². The Bertz CT molecular complexity index is 518. The summed E-state index contributed by atoms with van der Waals surface area (Å²) in [6.45, 7) is 3.41. The molecule has 0 amide bonds. The van der Waals surface area contributed by atoms with Gasteiger partial charge in [0.2, 0.25) is 0 Å². The first-order chi connectivity index (χ1) is 8.81. The van der Waals surface area contributed by atoms with Crippen LogP contribution in [-0.4, -0.2) is 29.3 Å². The molecule has 4 heteroatoms. The molecule has 1 aliphatic rings. The van der Waals surface area contributed by atoms with Crippen LogP contribution in [0.15, 0.2) is 36.7 Å². The first-order valence-electron chi connectivity index (χ1n) is 5.95. The van der Waals surface area contributed by atoms with Gasteiger partial charge >= 0.3 is 0 Å². The maximum absolute atomic E-state index is 5.57. The number of nitrogens with zero attached hydrogens (tertiary/aromatic N) is 2. The van der Waals surface area contributed by atoms with Crippen molar-refractivity contribution in [1.82, 2.24) is 9.97 Å². The van der Waals surface area contributed by atoms with Crippen molar-refractivity contribution in [3.8, 4) is 17.1 Å². The molecule has 1 aromatic carbocycles. The van der Waals surface area contributed by atoms with Crippen LogP contribution in [0.5, 0.6) is 5.75 Å². The Morgan fingerprint density at radius 1 is 1.22 bits per heavy atom. The van der Waals surface area contributed by atoms with Gasteiger partial charge < -0.3 is 9.47 Å². The molecule has 1 unspecified atom stereocenters. The van der Waals surface area contributed by atoms with Crippen molar-refractivity contribution in [2.45, 2.75) is 13.0 Å². The van der Waals surface area contributed by atoms with Gasteiger partial charge in [-0.25, -0.2) is 9.97 Å². The maximum atomic E-state index is 5.57. The van der Waals surface area contributed by atoms with Crippen LogP contribution in [0.25, 0.3) is 11.4 Å². The lowest BCUT2D eigenvalue weighted by molar-refractivity contribution is 0.263. The van der Waals surface area contributed by atoms with Gasteiger partial charge in [-0.15, -0.1) is 0 Å². The number of epoxide rings is 1. The molecule has 1 atom stereocenters. The van der Waals surface area contributed by atoms with Gasteiger partial charge in [-0.1, -0.05) is 0 Å². The van der Waals surface area contributed by atoms with E-state index in [0.717, 1.165) is 29.3 Å². The normalized spacial score (nSPS) is 17.5. The van der Waals surface area contributed by atoms with Gasteiger partial charge in [-0.05, 0) is 36.8 Å². The molecule has 3 rings (SSSR count). The van der Waals surface area contributed by atoms with Gasteiger partial charge in [-0.2, -0.15) is 0 Å². The van der Waals surface area contributed by atoms with E-state index < -0.39 is 0 Å². The molecule has 0 radical (unpaired) electrons. The topological polar surface area (TPSA) is 47.5 Å². The summed E-state index contributed by atoms with van der Waals surface area (Å²) in [6, 6.07) is 7.80. The lowest BCUT2D eigenvalue weighted by atomic mass is 10.2. The molecule has 0 spiro atoms. The van der Waals surface area contributed by atoms with Crippen LogP contribution in [0.1, 0.15) is 5.56 Å². The van der Waals surface area contributed by atoms with E-state index in [-0.39, 0.29) is 6.10 Å². The summed E-state index contributed by atoms with van der Waals surface area (Å²) in [4.78, 5) is 8.58. The van der Waals surface area contributed by atoms with Gasteiger partial charge in [0.1, 0.15) is 18.5 Å². The fourth-order valence-electron chi connectivity index (χ4n) is 1.60. The largest absolute Gasteiger partial charge is 0.491 e. The van der Waals surface area contributed by atoms with E-state index in [0.29, 0.717) is 6.61 Å². The molecule has 0 bridgehead atoms. The quantitative estimate of drug-likeness (QED) is 0.771. The molecular weight excluding hydrogens is 228 g/mol. The molecule has 1 fully saturated rings. The predicted molar refractivity (Wildman–Crippen MR) is 67.4 cm³/mol. The molecular formula is C14H14N2O2. The highest BCUT2D eigenvalue weighted by Gasteiger charge is 2.22. The first kappa shape index (κ1) is 11.2. The zero-order chi connectivity index (χ0) is 12.4. The minimum absolute atomic E-state index is 0.283. The average molecular weight is 242 g/mol. The fraction of sp³-hybridized carbons (Fsp3) is 0.286.